The second kappa shape index (κ2) is 7.47. The van der Waals surface area contributed by atoms with Crippen LogP contribution in [0.4, 0.5) is 0 Å². The lowest BCUT2D eigenvalue weighted by atomic mass is 10.0. The number of hydrogen-bond donors (Lipinski definition) is 1. The molecule has 5 nitrogen and oxygen atoms in total. The zero-order valence-corrected chi connectivity index (χ0v) is 13.6. The van der Waals surface area contributed by atoms with Crippen LogP contribution in [-0.4, -0.2) is 29.1 Å². The third kappa shape index (κ3) is 4.22. The highest BCUT2D eigenvalue weighted by atomic mass is 32.2. The van der Waals surface area contributed by atoms with Gasteiger partial charge in [-0.15, -0.1) is 10.2 Å². The molecule has 1 heterocycles. The minimum absolute atomic E-state index is 0.207. The lowest BCUT2D eigenvalue weighted by Gasteiger charge is -2.24. The average molecular weight is 307 g/mol. The summed E-state index contributed by atoms with van der Waals surface area (Å²) in [7, 11) is 1.67. The molecule has 2 atom stereocenters. The van der Waals surface area contributed by atoms with Crippen LogP contribution < -0.4 is 10.1 Å². The van der Waals surface area contributed by atoms with E-state index in [9.17, 15) is 0 Å². The van der Waals surface area contributed by atoms with Crippen LogP contribution in [0, 0.1) is 6.92 Å². The van der Waals surface area contributed by atoms with E-state index in [0.717, 1.165) is 12.3 Å². The van der Waals surface area contributed by atoms with E-state index in [1.165, 1.54) is 5.56 Å². The van der Waals surface area contributed by atoms with Gasteiger partial charge in [0, 0.05) is 18.2 Å². The summed E-state index contributed by atoms with van der Waals surface area (Å²) in [6, 6.07) is 8.34. The number of nitrogens with zero attached hydrogens (tertiary/aromatic N) is 2. The van der Waals surface area contributed by atoms with Crippen molar-refractivity contribution in [1.29, 1.82) is 0 Å². The number of ether oxygens (including phenoxy) is 1. The molecule has 0 saturated heterocycles. The standard InChI is InChI=1S/C15H21N3O2S/c1-5-16-14(12-6-8-13(19-4)9-7-12)10(2)21-15-18-17-11(3)20-15/h6-10,14,16H,5H2,1-4H3. The molecule has 2 aromatic rings. The van der Waals surface area contributed by atoms with Gasteiger partial charge < -0.3 is 14.5 Å². The van der Waals surface area contributed by atoms with Gasteiger partial charge >= 0.3 is 0 Å². The zero-order valence-electron chi connectivity index (χ0n) is 12.8. The third-order valence-corrected chi connectivity index (χ3v) is 4.17. The van der Waals surface area contributed by atoms with E-state index < -0.39 is 0 Å². The Bertz CT molecular complexity index is 556. The van der Waals surface area contributed by atoms with Crippen LogP contribution in [0.1, 0.15) is 31.3 Å². The predicted molar refractivity (Wildman–Crippen MR) is 83.8 cm³/mol. The fraction of sp³-hybridized carbons (Fsp3) is 0.467. The first kappa shape index (κ1) is 15.9. The van der Waals surface area contributed by atoms with Crippen LogP contribution in [0.15, 0.2) is 33.9 Å². The molecule has 1 aromatic carbocycles. The van der Waals surface area contributed by atoms with E-state index in [-0.39, 0.29) is 11.3 Å². The van der Waals surface area contributed by atoms with Crippen molar-refractivity contribution >= 4 is 11.8 Å². The topological polar surface area (TPSA) is 60.2 Å². The molecule has 0 spiro atoms. The van der Waals surface area contributed by atoms with Gasteiger partial charge in [-0.2, -0.15) is 0 Å². The number of aryl methyl sites for hydroxylation is 1. The molecule has 0 aliphatic heterocycles. The van der Waals surface area contributed by atoms with Crippen LogP contribution in [0.3, 0.4) is 0 Å². The van der Waals surface area contributed by atoms with Gasteiger partial charge in [-0.3, -0.25) is 0 Å². The Morgan fingerprint density at radius 1 is 1.29 bits per heavy atom. The molecular weight excluding hydrogens is 286 g/mol. The van der Waals surface area contributed by atoms with Crippen LogP contribution in [0.25, 0.3) is 0 Å². The van der Waals surface area contributed by atoms with Gasteiger partial charge in [0.05, 0.1) is 7.11 Å². The normalized spacial score (nSPS) is 13.9. The van der Waals surface area contributed by atoms with Crippen molar-refractivity contribution in [3.8, 4) is 5.75 Å². The van der Waals surface area contributed by atoms with E-state index in [4.69, 9.17) is 9.15 Å². The summed E-state index contributed by atoms with van der Waals surface area (Å²) < 4.78 is 10.7. The molecule has 2 unspecified atom stereocenters. The van der Waals surface area contributed by atoms with E-state index in [1.807, 2.05) is 12.1 Å². The first-order valence-electron chi connectivity index (χ1n) is 6.98. The molecule has 0 radical (unpaired) electrons. The van der Waals surface area contributed by atoms with Crippen LogP contribution >= 0.6 is 11.8 Å². The number of thioether (sulfide) groups is 1. The lowest BCUT2D eigenvalue weighted by Crippen LogP contribution is -2.28. The average Bonchev–Trinajstić information content (AvgIpc) is 2.90. The van der Waals surface area contributed by atoms with Gasteiger partial charge in [0.25, 0.3) is 5.22 Å². The van der Waals surface area contributed by atoms with Crippen molar-refractivity contribution in [3.63, 3.8) is 0 Å². The second-order valence-electron chi connectivity index (χ2n) is 4.72. The van der Waals surface area contributed by atoms with Gasteiger partial charge in [0.15, 0.2) is 0 Å². The van der Waals surface area contributed by atoms with Crippen molar-refractivity contribution in [2.24, 2.45) is 0 Å². The van der Waals surface area contributed by atoms with Crippen LogP contribution in [0.2, 0.25) is 0 Å². The summed E-state index contributed by atoms with van der Waals surface area (Å²) in [6.07, 6.45) is 0. The number of rotatable bonds is 7. The minimum Gasteiger partial charge on any atom is -0.497 e. The van der Waals surface area contributed by atoms with E-state index in [1.54, 1.807) is 25.8 Å². The summed E-state index contributed by atoms with van der Waals surface area (Å²) in [5.74, 6) is 1.45. The second-order valence-corrected chi connectivity index (χ2v) is 6.05. The van der Waals surface area contributed by atoms with Crippen molar-refractivity contribution < 1.29 is 9.15 Å². The van der Waals surface area contributed by atoms with E-state index in [0.29, 0.717) is 11.1 Å². The van der Waals surface area contributed by atoms with Crippen molar-refractivity contribution in [2.75, 3.05) is 13.7 Å². The molecule has 114 valence electrons. The minimum atomic E-state index is 0.207. The van der Waals surface area contributed by atoms with Gasteiger partial charge in [-0.05, 0) is 24.2 Å². The maximum atomic E-state index is 5.45. The third-order valence-electron chi connectivity index (χ3n) is 3.16. The molecule has 6 heteroatoms. The molecule has 21 heavy (non-hydrogen) atoms. The number of aromatic nitrogens is 2. The SMILES string of the molecule is CCNC(c1ccc(OC)cc1)C(C)Sc1nnc(C)o1. The summed E-state index contributed by atoms with van der Waals surface area (Å²) in [5, 5.41) is 12.3. The Labute approximate surface area is 129 Å². The lowest BCUT2D eigenvalue weighted by molar-refractivity contribution is 0.414. The molecule has 0 aliphatic rings. The summed E-state index contributed by atoms with van der Waals surface area (Å²) in [6.45, 7) is 6.95. The first-order valence-corrected chi connectivity index (χ1v) is 7.86. The molecule has 0 saturated carbocycles. The van der Waals surface area contributed by atoms with Crippen molar-refractivity contribution in [3.05, 3.63) is 35.7 Å². The number of methoxy groups -OCH3 is 1. The predicted octanol–water partition coefficient (Wildman–Crippen LogP) is 3.22. The highest BCUT2D eigenvalue weighted by Crippen LogP contribution is 2.31. The Hall–Kier alpha value is -1.53. The highest BCUT2D eigenvalue weighted by Gasteiger charge is 2.21. The Morgan fingerprint density at radius 3 is 2.52 bits per heavy atom. The zero-order chi connectivity index (χ0) is 15.2. The maximum Gasteiger partial charge on any atom is 0.276 e. The molecule has 0 aliphatic carbocycles. The van der Waals surface area contributed by atoms with Gasteiger partial charge in [0.2, 0.25) is 5.89 Å². The quantitative estimate of drug-likeness (QED) is 0.793. The van der Waals surface area contributed by atoms with Gasteiger partial charge in [0.1, 0.15) is 5.75 Å². The fourth-order valence-corrected chi connectivity index (χ4v) is 3.10. The maximum absolute atomic E-state index is 5.45. The molecule has 0 amide bonds. The fourth-order valence-electron chi connectivity index (χ4n) is 2.14. The van der Waals surface area contributed by atoms with E-state index >= 15 is 0 Å². The molecular formula is C15H21N3O2S. The first-order chi connectivity index (χ1) is 10.1. The van der Waals surface area contributed by atoms with Crippen LogP contribution in [-0.2, 0) is 0 Å². The van der Waals surface area contributed by atoms with Gasteiger partial charge in [-0.25, -0.2) is 0 Å². The molecule has 1 N–H and O–H groups in total. The Balaban J connectivity index is 2.12. The number of nitrogens with one attached hydrogen (secondary N) is 1. The Morgan fingerprint density at radius 2 is 2.00 bits per heavy atom. The summed E-state index contributed by atoms with van der Waals surface area (Å²) in [4.78, 5) is 0. The van der Waals surface area contributed by atoms with Crippen LogP contribution in [0.5, 0.6) is 5.75 Å². The smallest absolute Gasteiger partial charge is 0.276 e. The molecule has 1 aromatic heterocycles. The molecule has 0 fully saturated rings. The molecule has 0 bridgehead atoms. The molecule has 2 rings (SSSR count). The Kier molecular flexibility index (Phi) is 5.64. The monoisotopic (exact) mass is 307 g/mol. The highest BCUT2D eigenvalue weighted by molar-refractivity contribution is 7.99. The summed E-state index contributed by atoms with van der Waals surface area (Å²) >= 11 is 1.58. The van der Waals surface area contributed by atoms with Crippen molar-refractivity contribution in [1.82, 2.24) is 15.5 Å². The summed E-state index contributed by atoms with van der Waals surface area (Å²) in [5.41, 5.74) is 1.22. The van der Waals surface area contributed by atoms with Crippen molar-refractivity contribution in [2.45, 2.75) is 37.3 Å². The van der Waals surface area contributed by atoms with E-state index in [2.05, 4.69) is 41.5 Å². The number of benzene rings is 1. The largest absolute Gasteiger partial charge is 0.497 e. The number of hydrogen-bond acceptors (Lipinski definition) is 6. The van der Waals surface area contributed by atoms with Gasteiger partial charge in [-0.1, -0.05) is 37.7 Å².